The highest BCUT2D eigenvalue weighted by Crippen LogP contribution is 2.25. The zero-order valence-electron chi connectivity index (χ0n) is 11.2. The number of guanidine groups is 1. The summed E-state index contributed by atoms with van der Waals surface area (Å²) in [4.78, 5) is 4.56. The van der Waals surface area contributed by atoms with Crippen LogP contribution in [0, 0.1) is 5.92 Å². The molecule has 1 heterocycles. The van der Waals surface area contributed by atoms with Gasteiger partial charge in [-0.2, -0.15) is 11.8 Å². The van der Waals surface area contributed by atoms with Crippen molar-refractivity contribution in [1.82, 2.24) is 10.6 Å². The van der Waals surface area contributed by atoms with E-state index in [2.05, 4.69) is 48.2 Å². The third-order valence-electron chi connectivity index (χ3n) is 2.48. The first-order valence-electron chi connectivity index (χ1n) is 6.36. The maximum Gasteiger partial charge on any atom is 0.191 e. The van der Waals surface area contributed by atoms with E-state index in [-0.39, 0.29) is 24.0 Å². The molecule has 3 nitrogen and oxygen atoms in total. The Hall–Kier alpha value is 0.350. The summed E-state index contributed by atoms with van der Waals surface area (Å²) in [6.07, 6.45) is 2.72. The summed E-state index contributed by atoms with van der Waals surface area (Å²) in [6.45, 7) is 9.38. The van der Waals surface area contributed by atoms with Crippen LogP contribution in [0.25, 0.3) is 0 Å². The Labute approximate surface area is 127 Å². The highest BCUT2D eigenvalue weighted by molar-refractivity contribution is 14.0. The van der Waals surface area contributed by atoms with Gasteiger partial charge in [-0.1, -0.05) is 13.8 Å². The zero-order chi connectivity index (χ0) is 11.8. The van der Waals surface area contributed by atoms with Gasteiger partial charge in [-0.3, -0.25) is 4.99 Å². The lowest BCUT2D eigenvalue weighted by molar-refractivity contribution is 0.654. The van der Waals surface area contributed by atoms with Gasteiger partial charge in [-0.15, -0.1) is 24.0 Å². The molecule has 1 atom stereocenters. The Morgan fingerprint density at radius 2 is 2.18 bits per heavy atom. The van der Waals surface area contributed by atoms with E-state index in [1.807, 2.05) is 0 Å². The lowest BCUT2D eigenvalue weighted by Crippen LogP contribution is -2.40. The summed E-state index contributed by atoms with van der Waals surface area (Å²) in [5.74, 6) is 2.92. The fourth-order valence-electron chi connectivity index (χ4n) is 1.63. The van der Waals surface area contributed by atoms with E-state index in [1.165, 1.54) is 18.6 Å². The van der Waals surface area contributed by atoms with E-state index < -0.39 is 0 Å². The molecule has 0 amide bonds. The highest BCUT2D eigenvalue weighted by Gasteiger charge is 2.15. The first kappa shape index (κ1) is 17.4. The van der Waals surface area contributed by atoms with Gasteiger partial charge in [0.15, 0.2) is 5.96 Å². The van der Waals surface area contributed by atoms with E-state index in [0.717, 1.165) is 30.8 Å². The molecule has 1 fully saturated rings. The maximum atomic E-state index is 4.56. The van der Waals surface area contributed by atoms with Gasteiger partial charge in [-0.05, 0) is 31.4 Å². The SMILES string of the molecule is CCNC(=NCC(C)C)NCC1CCCS1.I. The van der Waals surface area contributed by atoms with Crippen LogP contribution in [0.15, 0.2) is 4.99 Å². The summed E-state index contributed by atoms with van der Waals surface area (Å²) in [5.41, 5.74) is 0. The van der Waals surface area contributed by atoms with Crippen LogP contribution in [0.1, 0.15) is 33.6 Å². The first-order chi connectivity index (χ1) is 7.72. The molecule has 0 aromatic carbocycles. The molecule has 1 saturated heterocycles. The average Bonchev–Trinajstić information content (AvgIpc) is 2.75. The molecule has 1 aliphatic rings. The van der Waals surface area contributed by atoms with Gasteiger partial charge in [0.2, 0.25) is 0 Å². The maximum absolute atomic E-state index is 4.56. The molecule has 0 saturated carbocycles. The summed E-state index contributed by atoms with van der Waals surface area (Å²) < 4.78 is 0. The van der Waals surface area contributed by atoms with Gasteiger partial charge in [0.25, 0.3) is 0 Å². The van der Waals surface area contributed by atoms with Gasteiger partial charge in [0.1, 0.15) is 0 Å². The summed E-state index contributed by atoms with van der Waals surface area (Å²) in [5, 5.41) is 7.51. The Morgan fingerprint density at radius 1 is 1.41 bits per heavy atom. The number of nitrogens with one attached hydrogen (secondary N) is 2. The van der Waals surface area contributed by atoms with Crippen molar-refractivity contribution in [1.29, 1.82) is 0 Å². The minimum atomic E-state index is 0. The van der Waals surface area contributed by atoms with Crippen LogP contribution in [0.4, 0.5) is 0 Å². The van der Waals surface area contributed by atoms with Gasteiger partial charge >= 0.3 is 0 Å². The molecule has 0 aromatic rings. The molecular weight excluding hydrogens is 345 g/mol. The van der Waals surface area contributed by atoms with E-state index in [1.54, 1.807) is 0 Å². The van der Waals surface area contributed by atoms with Gasteiger partial charge < -0.3 is 10.6 Å². The molecule has 0 radical (unpaired) electrons. The van der Waals surface area contributed by atoms with Crippen LogP contribution >= 0.6 is 35.7 Å². The molecule has 0 bridgehead atoms. The molecule has 2 N–H and O–H groups in total. The third-order valence-corrected chi connectivity index (χ3v) is 3.88. The average molecular weight is 371 g/mol. The fraction of sp³-hybridized carbons (Fsp3) is 0.917. The van der Waals surface area contributed by atoms with E-state index >= 15 is 0 Å². The van der Waals surface area contributed by atoms with E-state index in [0.29, 0.717) is 5.92 Å². The molecule has 0 spiro atoms. The van der Waals surface area contributed by atoms with Crippen molar-refractivity contribution in [2.75, 3.05) is 25.4 Å². The normalized spacial score (nSPS) is 20.2. The molecular formula is C12H26IN3S. The third kappa shape index (κ3) is 8.13. The summed E-state index contributed by atoms with van der Waals surface area (Å²) in [7, 11) is 0. The number of hydrogen-bond acceptors (Lipinski definition) is 2. The highest BCUT2D eigenvalue weighted by atomic mass is 127. The second-order valence-electron chi connectivity index (χ2n) is 4.63. The topological polar surface area (TPSA) is 36.4 Å². The van der Waals surface area contributed by atoms with Crippen molar-refractivity contribution in [2.45, 2.75) is 38.9 Å². The lowest BCUT2D eigenvalue weighted by Gasteiger charge is -2.14. The van der Waals surface area contributed by atoms with Crippen LogP contribution in [0.5, 0.6) is 0 Å². The molecule has 102 valence electrons. The largest absolute Gasteiger partial charge is 0.357 e. The molecule has 5 heteroatoms. The number of aliphatic imine (C=N–C) groups is 1. The number of halogens is 1. The zero-order valence-corrected chi connectivity index (χ0v) is 14.3. The number of hydrogen-bond donors (Lipinski definition) is 2. The van der Waals surface area contributed by atoms with Crippen molar-refractivity contribution >= 4 is 41.7 Å². The lowest BCUT2D eigenvalue weighted by atomic mass is 10.2. The Kier molecular flexibility index (Phi) is 10.5. The minimum absolute atomic E-state index is 0. The van der Waals surface area contributed by atoms with Crippen LogP contribution < -0.4 is 10.6 Å². The quantitative estimate of drug-likeness (QED) is 0.443. The van der Waals surface area contributed by atoms with Gasteiger partial charge in [0.05, 0.1) is 0 Å². The smallest absolute Gasteiger partial charge is 0.191 e. The standard InChI is InChI=1S/C12H25N3S.HI/c1-4-13-12(14-8-10(2)3)15-9-11-6-5-7-16-11;/h10-11H,4-9H2,1-3H3,(H2,13,14,15);1H. The fourth-order valence-corrected chi connectivity index (χ4v) is 2.83. The van der Waals surface area contributed by atoms with Gasteiger partial charge in [0, 0.05) is 24.9 Å². The van der Waals surface area contributed by atoms with Crippen molar-refractivity contribution in [2.24, 2.45) is 10.9 Å². The summed E-state index contributed by atoms with van der Waals surface area (Å²) in [6, 6.07) is 0. The van der Waals surface area contributed by atoms with Crippen molar-refractivity contribution in [3.8, 4) is 0 Å². The van der Waals surface area contributed by atoms with Crippen LogP contribution in [-0.4, -0.2) is 36.6 Å². The monoisotopic (exact) mass is 371 g/mol. The second kappa shape index (κ2) is 10.3. The first-order valence-corrected chi connectivity index (χ1v) is 7.41. The van der Waals surface area contributed by atoms with E-state index in [4.69, 9.17) is 0 Å². The van der Waals surface area contributed by atoms with Crippen LogP contribution in [0.2, 0.25) is 0 Å². The van der Waals surface area contributed by atoms with Crippen molar-refractivity contribution < 1.29 is 0 Å². The van der Waals surface area contributed by atoms with Crippen molar-refractivity contribution in [3.05, 3.63) is 0 Å². The van der Waals surface area contributed by atoms with Crippen molar-refractivity contribution in [3.63, 3.8) is 0 Å². The Morgan fingerprint density at radius 3 is 2.71 bits per heavy atom. The molecule has 1 unspecified atom stereocenters. The van der Waals surface area contributed by atoms with Crippen LogP contribution in [-0.2, 0) is 0 Å². The van der Waals surface area contributed by atoms with Crippen LogP contribution in [0.3, 0.4) is 0 Å². The van der Waals surface area contributed by atoms with E-state index in [9.17, 15) is 0 Å². The predicted molar refractivity (Wildman–Crippen MR) is 89.7 cm³/mol. The Bertz CT molecular complexity index is 216. The summed E-state index contributed by atoms with van der Waals surface area (Å²) >= 11 is 2.08. The second-order valence-corrected chi connectivity index (χ2v) is 6.04. The molecule has 1 rings (SSSR count). The number of rotatable bonds is 5. The van der Waals surface area contributed by atoms with Gasteiger partial charge in [-0.25, -0.2) is 0 Å². The minimum Gasteiger partial charge on any atom is -0.357 e. The molecule has 0 aromatic heterocycles. The number of nitrogens with zero attached hydrogens (tertiary/aromatic N) is 1. The molecule has 17 heavy (non-hydrogen) atoms. The molecule has 0 aliphatic carbocycles. The molecule has 1 aliphatic heterocycles. The number of thioether (sulfide) groups is 1. The Balaban J connectivity index is 0.00000256. The predicted octanol–water partition coefficient (Wildman–Crippen LogP) is 2.71.